The Labute approximate surface area is 160 Å². The van der Waals surface area contributed by atoms with Crippen LogP contribution in [0.2, 0.25) is 5.02 Å². The Morgan fingerprint density at radius 2 is 1.85 bits per heavy atom. The van der Waals surface area contributed by atoms with Crippen LogP contribution >= 0.6 is 11.6 Å². The predicted molar refractivity (Wildman–Crippen MR) is 102 cm³/mol. The molecular formula is C19H29ClN2O4. The number of carbonyl (C=O) groups is 2. The zero-order valence-electron chi connectivity index (χ0n) is 16.2. The van der Waals surface area contributed by atoms with Crippen LogP contribution in [0.1, 0.15) is 32.8 Å². The molecule has 0 aliphatic carbocycles. The number of nitrogens with zero attached hydrogens (tertiary/aromatic N) is 1. The van der Waals surface area contributed by atoms with Gasteiger partial charge in [0, 0.05) is 24.2 Å². The summed E-state index contributed by atoms with van der Waals surface area (Å²) < 4.78 is 10.0. The maximum Gasteiger partial charge on any atom is 0.407 e. The largest absolute Gasteiger partial charge is 0.469 e. The summed E-state index contributed by atoms with van der Waals surface area (Å²) in [6, 6.07) is 7.33. The van der Waals surface area contributed by atoms with Crippen LogP contribution in [0, 0.1) is 0 Å². The summed E-state index contributed by atoms with van der Waals surface area (Å²) in [4.78, 5) is 25.4. The van der Waals surface area contributed by atoms with Crippen LogP contribution in [-0.2, 0) is 20.7 Å². The molecule has 0 spiro atoms. The minimum atomic E-state index is -0.564. The lowest BCUT2D eigenvalue weighted by molar-refractivity contribution is -0.140. The highest BCUT2D eigenvalue weighted by molar-refractivity contribution is 6.30. The molecule has 7 heteroatoms. The quantitative estimate of drug-likeness (QED) is 0.696. The lowest BCUT2D eigenvalue weighted by Gasteiger charge is -2.27. The summed E-state index contributed by atoms with van der Waals surface area (Å²) in [5, 5.41) is 3.58. The van der Waals surface area contributed by atoms with Crippen LogP contribution < -0.4 is 5.32 Å². The zero-order valence-corrected chi connectivity index (χ0v) is 16.9. The second-order valence-corrected chi connectivity index (χ2v) is 7.70. The van der Waals surface area contributed by atoms with Crippen molar-refractivity contribution in [2.24, 2.45) is 0 Å². The molecule has 1 atom stereocenters. The second kappa shape index (κ2) is 10.4. The molecule has 1 aromatic carbocycles. The van der Waals surface area contributed by atoms with E-state index >= 15 is 0 Å². The first-order chi connectivity index (χ1) is 12.1. The van der Waals surface area contributed by atoms with Gasteiger partial charge in [0.25, 0.3) is 0 Å². The molecule has 146 valence electrons. The maximum absolute atomic E-state index is 12.2. The summed E-state index contributed by atoms with van der Waals surface area (Å²) in [6.07, 6.45) is 0.462. The standard InChI is InChI=1S/C19H29ClN2O4/c1-19(2,3)26-18(24)21-16(12-14-6-8-15(20)9-7-14)13-22(4)11-10-17(23)25-5/h6-9,16H,10-13H2,1-5H3,(H,21,24). The van der Waals surface area contributed by atoms with Gasteiger partial charge in [-0.25, -0.2) is 4.79 Å². The number of hydrogen-bond acceptors (Lipinski definition) is 5. The monoisotopic (exact) mass is 384 g/mol. The molecule has 1 rings (SSSR count). The van der Waals surface area contributed by atoms with Crippen molar-refractivity contribution in [3.63, 3.8) is 0 Å². The number of rotatable bonds is 8. The summed E-state index contributed by atoms with van der Waals surface area (Å²) in [5.74, 6) is -0.258. The highest BCUT2D eigenvalue weighted by atomic mass is 35.5. The van der Waals surface area contributed by atoms with E-state index < -0.39 is 11.7 Å². The average molecular weight is 385 g/mol. The Morgan fingerprint density at radius 3 is 2.38 bits per heavy atom. The van der Waals surface area contributed by atoms with E-state index in [1.54, 1.807) is 0 Å². The van der Waals surface area contributed by atoms with E-state index in [4.69, 9.17) is 16.3 Å². The smallest absolute Gasteiger partial charge is 0.407 e. The van der Waals surface area contributed by atoms with E-state index in [0.717, 1.165) is 5.56 Å². The predicted octanol–water partition coefficient (Wildman–Crippen LogP) is 3.27. The van der Waals surface area contributed by atoms with Crippen LogP contribution in [0.15, 0.2) is 24.3 Å². The third-order valence-corrected chi connectivity index (χ3v) is 3.83. The topological polar surface area (TPSA) is 67.9 Å². The SMILES string of the molecule is COC(=O)CCN(C)CC(Cc1ccc(Cl)cc1)NC(=O)OC(C)(C)C. The van der Waals surface area contributed by atoms with Gasteiger partial charge in [-0.15, -0.1) is 0 Å². The number of methoxy groups -OCH3 is 1. The third-order valence-electron chi connectivity index (χ3n) is 3.57. The first kappa shape index (κ1) is 22.3. The number of ether oxygens (including phenoxy) is 2. The molecule has 1 N–H and O–H groups in total. The Morgan fingerprint density at radius 1 is 1.23 bits per heavy atom. The number of hydrogen-bond donors (Lipinski definition) is 1. The van der Waals surface area contributed by atoms with Crippen LogP contribution in [0.3, 0.4) is 0 Å². The van der Waals surface area contributed by atoms with Gasteiger partial charge < -0.3 is 19.7 Å². The maximum atomic E-state index is 12.2. The minimum Gasteiger partial charge on any atom is -0.469 e. The molecule has 0 heterocycles. The third kappa shape index (κ3) is 9.63. The van der Waals surface area contributed by atoms with Crippen LogP contribution in [0.25, 0.3) is 0 Å². The van der Waals surface area contributed by atoms with E-state index in [0.29, 0.717) is 31.0 Å². The van der Waals surface area contributed by atoms with E-state index in [9.17, 15) is 9.59 Å². The van der Waals surface area contributed by atoms with Crippen molar-refractivity contribution in [3.8, 4) is 0 Å². The number of carbonyl (C=O) groups excluding carboxylic acids is 2. The van der Waals surface area contributed by atoms with Gasteiger partial charge in [0.2, 0.25) is 0 Å². The molecule has 1 aromatic rings. The number of halogens is 1. The van der Waals surface area contributed by atoms with Crippen LogP contribution in [-0.4, -0.2) is 55.9 Å². The fourth-order valence-electron chi connectivity index (χ4n) is 2.39. The number of nitrogens with one attached hydrogen (secondary N) is 1. The van der Waals surface area contributed by atoms with Gasteiger partial charge in [0.05, 0.1) is 13.5 Å². The van der Waals surface area contributed by atoms with Crippen molar-refractivity contribution >= 4 is 23.7 Å². The highest BCUT2D eigenvalue weighted by Gasteiger charge is 2.21. The lowest BCUT2D eigenvalue weighted by Crippen LogP contribution is -2.46. The molecule has 0 bridgehead atoms. The van der Waals surface area contributed by atoms with Crippen molar-refractivity contribution < 1.29 is 19.1 Å². The summed E-state index contributed by atoms with van der Waals surface area (Å²) >= 11 is 5.93. The summed E-state index contributed by atoms with van der Waals surface area (Å²) in [6.45, 7) is 6.58. The first-order valence-corrected chi connectivity index (χ1v) is 8.96. The highest BCUT2D eigenvalue weighted by Crippen LogP contribution is 2.13. The Balaban J connectivity index is 2.71. The van der Waals surface area contributed by atoms with Gasteiger partial charge in [-0.2, -0.15) is 0 Å². The Hall–Kier alpha value is -1.79. The fraction of sp³-hybridized carbons (Fsp3) is 0.579. The van der Waals surface area contributed by atoms with Crippen LogP contribution in [0.4, 0.5) is 4.79 Å². The molecule has 0 aromatic heterocycles. The normalized spacial score (nSPS) is 12.6. The van der Waals surface area contributed by atoms with Crippen molar-refractivity contribution in [1.29, 1.82) is 0 Å². The molecule has 0 saturated heterocycles. The van der Waals surface area contributed by atoms with Crippen molar-refractivity contribution in [2.75, 3.05) is 27.2 Å². The molecule has 6 nitrogen and oxygen atoms in total. The number of benzene rings is 1. The van der Waals surface area contributed by atoms with Gasteiger partial charge in [-0.3, -0.25) is 4.79 Å². The minimum absolute atomic E-state index is 0.173. The van der Waals surface area contributed by atoms with E-state index in [-0.39, 0.29) is 12.0 Å². The van der Waals surface area contributed by atoms with E-state index in [1.165, 1.54) is 7.11 Å². The number of likely N-dealkylation sites (N-methyl/N-ethyl adjacent to an activating group) is 1. The van der Waals surface area contributed by atoms with Crippen molar-refractivity contribution in [3.05, 3.63) is 34.9 Å². The number of amides is 1. The van der Waals surface area contributed by atoms with Gasteiger partial charge in [0.1, 0.15) is 5.60 Å². The zero-order chi connectivity index (χ0) is 19.7. The molecule has 0 saturated carbocycles. The molecule has 0 fully saturated rings. The first-order valence-electron chi connectivity index (χ1n) is 8.58. The van der Waals surface area contributed by atoms with Crippen LogP contribution in [0.5, 0.6) is 0 Å². The molecule has 26 heavy (non-hydrogen) atoms. The molecule has 0 radical (unpaired) electrons. The molecule has 1 amide bonds. The number of esters is 1. The molecule has 1 unspecified atom stereocenters. The van der Waals surface area contributed by atoms with Gasteiger partial charge in [0.15, 0.2) is 0 Å². The Bertz CT molecular complexity index is 584. The van der Waals surface area contributed by atoms with Gasteiger partial charge in [-0.1, -0.05) is 23.7 Å². The van der Waals surface area contributed by atoms with E-state index in [2.05, 4.69) is 10.1 Å². The van der Waals surface area contributed by atoms with Gasteiger partial charge in [-0.05, 0) is 51.9 Å². The van der Waals surface area contributed by atoms with E-state index in [1.807, 2.05) is 57.0 Å². The summed E-state index contributed by atoms with van der Waals surface area (Å²) in [5.41, 5.74) is 0.489. The fourth-order valence-corrected chi connectivity index (χ4v) is 2.52. The molecule has 0 aliphatic rings. The molecule has 0 aliphatic heterocycles. The van der Waals surface area contributed by atoms with Crippen molar-refractivity contribution in [2.45, 2.75) is 45.3 Å². The lowest BCUT2D eigenvalue weighted by atomic mass is 10.1. The summed E-state index contributed by atoms with van der Waals surface area (Å²) in [7, 11) is 3.27. The Kier molecular flexibility index (Phi) is 8.88. The van der Waals surface area contributed by atoms with Crippen molar-refractivity contribution in [1.82, 2.24) is 10.2 Å². The van der Waals surface area contributed by atoms with Gasteiger partial charge >= 0.3 is 12.1 Å². The second-order valence-electron chi connectivity index (χ2n) is 7.26. The average Bonchev–Trinajstić information content (AvgIpc) is 2.52. The molecular weight excluding hydrogens is 356 g/mol. The number of alkyl carbamates (subject to hydrolysis) is 1.